The highest BCUT2D eigenvalue weighted by Crippen LogP contribution is 2.40. The van der Waals surface area contributed by atoms with E-state index in [-0.39, 0.29) is 0 Å². The number of fused-ring (bicyclic) bond motifs is 1. The number of imidazole rings is 1. The quantitative estimate of drug-likeness (QED) is 0.766. The number of hydrogen-bond donors (Lipinski definition) is 0. The molecule has 2 aromatic rings. The van der Waals surface area contributed by atoms with Gasteiger partial charge in [0.1, 0.15) is 5.82 Å². The van der Waals surface area contributed by atoms with Crippen molar-refractivity contribution >= 4 is 11.0 Å². The second kappa shape index (κ2) is 5.69. The number of rotatable bonds is 2. The largest absolute Gasteiger partial charge is 0.325 e. The predicted molar refractivity (Wildman–Crippen MR) is 93.2 cm³/mol. The van der Waals surface area contributed by atoms with Gasteiger partial charge in [-0.05, 0) is 71.7 Å². The van der Waals surface area contributed by atoms with Gasteiger partial charge in [0.05, 0.1) is 11.0 Å². The van der Waals surface area contributed by atoms with Crippen molar-refractivity contribution in [3.05, 3.63) is 30.1 Å². The number of aromatic nitrogens is 2. The number of nitrogens with zero attached hydrogens (tertiary/aromatic N) is 3. The second-order valence-corrected chi connectivity index (χ2v) is 7.44. The van der Waals surface area contributed by atoms with Gasteiger partial charge in [-0.1, -0.05) is 19.1 Å². The van der Waals surface area contributed by atoms with Gasteiger partial charge in [-0.2, -0.15) is 0 Å². The third-order valence-electron chi connectivity index (χ3n) is 6.14. The summed E-state index contributed by atoms with van der Waals surface area (Å²) in [5.74, 6) is 1.88. The smallest absolute Gasteiger partial charge is 0.106 e. The summed E-state index contributed by atoms with van der Waals surface area (Å²) in [6.07, 6.45) is 5.02. The molecule has 0 amide bonds. The summed E-state index contributed by atoms with van der Waals surface area (Å²) in [5.41, 5.74) is 2.73. The lowest BCUT2D eigenvalue weighted by atomic mass is 9.82. The van der Waals surface area contributed by atoms with Gasteiger partial charge >= 0.3 is 0 Å². The van der Waals surface area contributed by atoms with Gasteiger partial charge in [-0.15, -0.1) is 0 Å². The molecule has 1 aromatic heterocycles. The molecule has 3 unspecified atom stereocenters. The van der Waals surface area contributed by atoms with Crippen LogP contribution in [0, 0.1) is 12.8 Å². The van der Waals surface area contributed by atoms with Crippen molar-refractivity contribution in [2.45, 2.75) is 58.0 Å². The molecule has 3 heteroatoms. The fraction of sp³-hybridized carbons (Fsp3) is 0.632. The maximum atomic E-state index is 4.76. The minimum Gasteiger partial charge on any atom is -0.325 e. The summed E-state index contributed by atoms with van der Waals surface area (Å²) >= 11 is 0. The van der Waals surface area contributed by atoms with Crippen LogP contribution in [-0.4, -0.2) is 34.1 Å². The van der Waals surface area contributed by atoms with E-state index in [0.717, 1.165) is 17.3 Å². The van der Waals surface area contributed by atoms with Crippen LogP contribution in [0.3, 0.4) is 0 Å². The highest BCUT2D eigenvalue weighted by atomic mass is 15.2. The highest BCUT2D eigenvalue weighted by molar-refractivity contribution is 5.76. The maximum Gasteiger partial charge on any atom is 0.106 e. The zero-order valence-electron chi connectivity index (χ0n) is 14.6. The van der Waals surface area contributed by atoms with Crippen LogP contribution in [0.25, 0.3) is 11.0 Å². The van der Waals surface area contributed by atoms with Gasteiger partial charge in [0, 0.05) is 11.6 Å². The summed E-state index contributed by atoms with van der Waals surface area (Å²) in [7, 11) is 4.46. The topological polar surface area (TPSA) is 21.1 Å². The van der Waals surface area contributed by atoms with Crippen LogP contribution in [-0.2, 0) is 0 Å². The first kappa shape index (κ1) is 15.5. The molecule has 0 spiro atoms. The fourth-order valence-electron chi connectivity index (χ4n) is 4.15. The van der Waals surface area contributed by atoms with Crippen molar-refractivity contribution in [2.75, 3.05) is 14.1 Å². The average molecular weight is 299 g/mol. The Morgan fingerprint density at radius 3 is 2.64 bits per heavy atom. The molecule has 1 aliphatic rings. The number of benzene rings is 1. The molecule has 3 atom stereocenters. The van der Waals surface area contributed by atoms with E-state index in [1.165, 1.54) is 31.2 Å². The van der Waals surface area contributed by atoms with E-state index in [1.807, 2.05) is 0 Å². The minimum atomic E-state index is 0.305. The van der Waals surface area contributed by atoms with Crippen LogP contribution in [0.4, 0.5) is 0 Å². The van der Waals surface area contributed by atoms with E-state index in [2.05, 4.69) is 68.6 Å². The maximum absolute atomic E-state index is 4.76. The van der Waals surface area contributed by atoms with Gasteiger partial charge in [-0.3, -0.25) is 0 Å². The zero-order valence-corrected chi connectivity index (χ0v) is 14.6. The first-order valence-electron chi connectivity index (χ1n) is 8.54. The Hall–Kier alpha value is -1.35. The van der Waals surface area contributed by atoms with Crippen LogP contribution in [0.15, 0.2) is 24.3 Å². The lowest BCUT2D eigenvalue weighted by Gasteiger charge is -2.41. The first-order chi connectivity index (χ1) is 10.4. The molecule has 1 aromatic carbocycles. The van der Waals surface area contributed by atoms with E-state index in [1.54, 1.807) is 0 Å². The van der Waals surface area contributed by atoms with E-state index in [9.17, 15) is 0 Å². The zero-order chi connectivity index (χ0) is 15.9. The summed E-state index contributed by atoms with van der Waals surface area (Å²) in [6.45, 7) is 7.00. The molecule has 3 rings (SSSR count). The van der Waals surface area contributed by atoms with Crippen LogP contribution in [0.2, 0.25) is 0 Å². The van der Waals surface area contributed by atoms with Crippen LogP contribution in [0.1, 0.15) is 51.4 Å². The molecule has 1 heterocycles. The molecule has 1 aliphatic carbocycles. The third kappa shape index (κ3) is 2.45. The van der Waals surface area contributed by atoms with E-state index in [0.29, 0.717) is 11.6 Å². The van der Waals surface area contributed by atoms with Crippen LogP contribution >= 0.6 is 0 Å². The lowest BCUT2D eigenvalue weighted by molar-refractivity contribution is 0.0969. The molecule has 22 heavy (non-hydrogen) atoms. The Morgan fingerprint density at radius 1 is 1.18 bits per heavy atom. The molecular formula is C19H29N3. The monoisotopic (exact) mass is 299 g/mol. The van der Waals surface area contributed by atoms with Crippen molar-refractivity contribution in [2.24, 2.45) is 5.92 Å². The Labute approximate surface area is 134 Å². The molecule has 120 valence electrons. The van der Waals surface area contributed by atoms with Crippen molar-refractivity contribution in [3.8, 4) is 0 Å². The first-order valence-corrected chi connectivity index (χ1v) is 8.54. The van der Waals surface area contributed by atoms with Crippen LogP contribution < -0.4 is 0 Å². The molecule has 0 bridgehead atoms. The molecule has 0 N–H and O–H groups in total. The fourth-order valence-corrected chi connectivity index (χ4v) is 4.15. The van der Waals surface area contributed by atoms with Gasteiger partial charge in [0.2, 0.25) is 0 Å². The molecule has 1 saturated carbocycles. The Kier molecular flexibility index (Phi) is 4.02. The average Bonchev–Trinajstić information content (AvgIpc) is 2.74. The predicted octanol–water partition coefficient (Wildman–Crippen LogP) is 4.42. The van der Waals surface area contributed by atoms with Crippen molar-refractivity contribution in [1.82, 2.24) is 14.5 Å². The van der Waals surface area contributed by atoms with E-state index in [4.69, 9.17) is 4.98 Å². The summed E-state index contributed by atoms with van der Waals surface area (Å²) in [4.78, 5) is 7.19. The van der Waals surface area contributed by atoms with Gasteiger partial charge in [0.25, 0.3) is 0 Å². The van der Waals surface area contributed by atoms with Gasteiger partial charge < -0.3 is 9.47 Å². The highest BCUT2D eigenvalue weighted by Gasteiger charge is 2.37. The summed E-state index contributed by atoms with van der Waals surface area (Å²) in [6, 6.07) is 9.13. The number of para-hydroxylation sites is 2. The van der Waals surface area contributed by atoms with E-state index >= 15 is 0 Å². The molecule has 0 radical (unpaired) electrons. The molecule has 0 saturated heterocycles. The van der Waals surface area contributed by atoms with E-state index < -0.39 is 0 Å². The molecule has 3 nitrogen and oxygen atoms in total. The van der Waals surface area contributed by atoms with Crippen molar-refractivity contribution in [1.29, 1.82) is 0 Å². The third-order valence-corrected chi connectivity index (χ3v) is 6.14. The minimum absolute atomic E-state index is 0.305. The molecule has 1 fully saturated rings. The summed E-state index contributed by atoms with van der Waals surface area (Å²) < 4.78 is 2.49. The number of aryl methyl sites for hydroxylation is 1. The van der Waals surface area contributed by atoms with Crippen molar-refractivity contribution < 1.29 is 0 Å². The Bertz CT molecular complexity index is 658. The second-order valence-electron chi connectivity index (χ2n) is 7.44. The lowest BCUT2D eigenvalue weighted by Crippen LogP contribution is -2.46. The van der Waals surface area contributed by atoms with Crippen LogP contribution in [0.5, 0.6) is 0 Å². The Morgan fingerprint density at radius 2 is 1.91 bits per heavy atom. The van der Waals surface area contributed by atoms with Gasteiger partial charge in [-0.25, -0.2) is 4.98 Å². The molecular weight excluding hydrogens is 270 g/mol. The summed E-state index contributed by atoms with van der Waals surface area (Å²) in [5, 5.41) is 0. The SMILES string of the molecule is Cc1nc2ccccc2n1C1CCC(C)C(C)(N(C)C)CC1. The van der Waals surface area contributed by atoms with Crippen molar-refractivity contribution in [3.63, 3.8) is 0 Å². The Balaban J connectivity index is 1.94. The normalized spacial score (nSPS) is 29.9. The van der Waals surface area contributed by atoms with Gasteiger partial charge in [0.15, 0.2) is 0 Å². The molecule has 0 aliphatic heterocycles. The standard InChI is InChI=1S/C19H29N3/c1-14-10-11-16(12-13-19(14,3)21(4)5)22-15(2)20-17-8-6-7-9-18(17)22/h6-9,14,16H,10-13H2,1-5H3. The number of hydrogen-bond acceptors (Lipinski definition) is 2.